The molecule has 0 aromatic heterocycles. The van der Waals surface area contributed by atoms with E-state index < -0.39 is 0 Å². The highest BCUT2D eigenvalue weighted by Crippen LogP contribution is 2.18. The van der Waals surface area contributed by atoms with Crippen molar-refractivity contribution in [2.75, 3.05) is 6.61 Å². The number of benzene rings is 2. The molecule has 2 aromatic carbocycles. The van der Waals surface area contributed by atoms with Crippen LogP contribution < -0.4 is 10.1 Å². The number of unbranched alkanes of at least 4 members (excludes halogenated alkanes) is 2. The topological polar surface area (TPSA) is 21.3 Å². The van der Waals surface area contributed by atoms with E-state index >= 15 is 0 Å². The Hall–Kier alpha value is -1.80. The van der Waals surface area contributed by atoms with Crippen molar-refractivity contribution in [1.29, 1.82) is 0 Å². The van der Waals surface area contributed by atoms with Crippen LogP contribution in [0.5, 0.6) is 5.75 Å². The van der Waals surface area contributed by atoms with Crippen molar-refractivity contribution in [3.63, 3.8) is 0 Å². The molecule has 2 heteroatoms. The van der Waals surface area contributed by atoms with Gasteiger partial charge in [-0.05, 0) is 36.1 Å². The first-order valence-corrected chi connectivity index (χ1v) is 8.83. The zero-order valence-electron chi connectivity index (χ0n) is 14.4. The lowest BCUT2D eigenvalue weighted by Crippen LogP contribution is -2.20. The highest BCUT2D eigenvalue weighted by Gasteiger charge is 2.07. The normalized spacial score (nSPS) is 12.1. The Labute approximate surface area is 140 Å². The van der Waals surface area contributed by atoms with Crippen LogP contribution in [0.3, 0.4) is 0 Å². The summed E-state index contributed by atoms with van der Waals surface area (Å²) < 4.78 is 5.76. The molecular weight excluding hydrogens is 282 g/mol. The van der Waals surface area contributed by atoms with Crippen molar-refractivity contribution in [3.05, 3.63) is 65.7 Å². The lowest BCUT2D eigenvalue weighted by Gasteiger charge is -2.17. The summed E-state index contributed by atoms with van der Waals surface area (Å²) in [7, 11) is 0. The van der Waals surface area contributed by atoms with Gasteiger partial charge >= 0.3 is 0 Å². The standard InChI is InChI=1S/C21H29NO/c1-3-5-9-16-23-20-14-12-18(13-15-20)17-22-21(4-2)19-10-7-6-8-11-19/h6-8,10-15,21-22H,3-5,9,16-17H2,1-2H3. The minimum atomic E-state index is 0.404. The summed E-state index contributed by atoms with van der Waals surface area (Å²) >= 11 is 0. The maximum atomic E-state index is 5.76. The van der Waals surface area contributed by atoms with Crippen molar-refractivity contribution in [2.24, 2.45) is 0 Å². The molecule has 0 saturated heterocycles. The van der Waals surface area contributed by atoms with E-state index in [0.717, 1.165) is 31.7 Å². The van der Waals surface area contributed by atoms with Gasteiger partial charge in [0.25, 0.3) is 0 Å². The Morgan fingerprint density at radius 3 is 2.30 bits per heavy atom. The molecule has 2 nitrogen and oxygen atoms in total. The Morgan fingerprint density at radius 1 is 0.913 bits per heavy atom. The summed E-state index contributed by atoms with van der Waals surface area (Å²) in [5.74, 6) is 0.972. The van der Waals surface area contributed by atoms with Gasteiger partial charge in [0.2, 0.25) is 0 Å². The molecule has 1 unspecified atom stereocenters. The first-order chi connectivity index (χ1) is 11.3. The van der Waals surface area contributed by atoms with Crippen LogP contribution in [-0.2, 0) is 6.54 Å². The molecule has 0 aliphatic carbocycles. The number of ether oxygens (including phenoxy) is 1. The van der Waals surface area contributed by atoms with E-state index in [0.29, 0.717) is 6.04 Å². The molecule has 0 bridgehead atoms. The lowest BCUT2D eigenvalue weighted by molar-refractivity contribution is 0.306. The summed E-state index contributed by atoms with van der Waals surface area (Å²) in [5.41, 5.74) is 2.64. The van der Waals surface area contributed by atoms with Gasteiger partial charge in [0.15, 0.2) is 0 Å². The molecule has 0 fully saturated rings. The van der Waals surface area contributed by atoms with Crippen LogP contribution in [0.15, 0.2) is 54.6 Å². The van der Waals surface area contributed by atoms with E-state index in [1.807, 2.05) is 0 Å². The van der Waals surface area contributed by atoms with Crippen LogP contribution in [0.25, 0.3) is 0 Å². The molecule has 0 amide bonds. The van der Waals surface area contributed by atoms with Crippen LogP contribution in [-0.4, -0.2) is 6.61 Å². The first-order valence-electron chi connectivity index (χ1n) is 8.83. The summed E-state index contributed by atoms with van der Waals surface area (Å²) in [5, 5.41) is 3.64. The first kappa shape index (κ1) is 17.6. The summed E-state index contributed by atoms with van der Waals surface area (Å²) in [6, 6.07) is 19.5. The van der Waals surface area contributed by atoms with Gasteiger partial charge in [-0.1, -0.05) is 69.2 Å². The minimum Gasteiger partial charge on any atom is -0.494 e. The Morgan fingerprint density at radius 2 is 1.65 bits per heavy atom. The van der Waals surface area contributed by atoms with Gasteiger partial charge in [0.1, 0.15) is 5.75 Å². The summed E-state index contributed by atoms with van der Waals surface area (Å²) in [4.78, 5) is 0. The molecule has 1 N–H and O–H groups in total. The molecule has 0 saturated carbocycles. The van der Waals surface area contributed by atoms with Crippen molar-refractivity contribution in [2.45, 2.75) is 52.1 Å². The fourth-order valence-corrected chi connectivity index (χ4v) is 2.67. The molecule has 0 spiro atoms. The zero-order chi connectivity index (χ0) is 16.3. The molecule has 2 rings (SSSR count). The predicted octanol–water partition coefficient (Wildman–Crippen LogP) is 5.50. The Balaban J connectivity index is 1.81. The molecule has 23 heavy (non-hydrogen) atoms. The van der Waals surface area contributed by atoms with Crippen LogP contribution in [0.2, 0.25) is 0 Å². The molecule has 124 valence electrons. The van der Waals surface area contributed by atoms with Crippen molar-refractivity contribution in [3.8, 4) is 5.75 Å². The summed E-state index contributed by atoms with van der Waals surface area (Å²) in [6.07, 6.45) is 4.69. The highest BCUT2D eigenvalue weighted by atomic mass is 16.5. The molecule has 1 atom stereocenters. The molecule has 2 aromatic rings. The van der Waals surface area contributed by atoms with E-state index in [2.05, 4.69) is 73.8 Å². The van der Waals surface area contributed by atoms with Crippen molar-refractivity contribution < 1.29 is 4.74 Å². The average molecular weight is 311 g/mol. The highest BCUT2D eigenvalue weighted by molar-refractivity contribution is 5.27. The Bertz CT molecular complexity index is 536. The molecule has 0 radical (unpaired) electrons. The smallest absolute Gasteiger partial charge is 0.119 e. The SMILES string of the molecule is CCCCCOc1ccc(CNC(CC)c2ccccc2)cc1. The quantitative estimate of drug-likeness (QED) is 0.585. The third-order valence-electron chi connectivity index (χ3n) is 4.10. The molecular formula is C21H29NO. The molecule has 0 aliphatic rings. The third-order valence-corrected chi connectivity index (χ3v) is 4.10. The van der Waals surface area contributed by atoms with Gasteiger partial charge in [0.05, 0.1) is 6.61 Å². The Kier molecular flexibility index (Phi) is 7.68. The summed E-state index contributed by atoms with van der Waals surface area (Å²) in [6.45, 7) is 6.12. The maximum absolute atomic E-state index is 5.76. The second-order valence-electron chi connectivity index (χ2n) is 5.95. The van der Waals surface area contributed by atoms with Crippen LogP contribution in [0.4, 0.5) is 0 Å². The van der Waals surface area contributed by atoms with E-state index in [4.69, 9.17) is 4.74 Å². The molecule has 0 heterocycles. The second-order valence-corrected chi connectivity index (χ2v) is 5.95. The van der Waals surface area contributed by atoms with Crippen LogP contribution >= 0.6 is 0 Å². The van der Waals surface area contributed by atoms with E-state index in [9.17, 15) is 0 Å². The van der Waals surface area contributed by atoms with Crippen molar-refractivity contribution >= 4 is 0 Å². The lowest BCUT2D eigenvalue weighted by atomic mass is 10.0. The predicted molar refractivity (Wildman–Crippen MR) is 97.8 cm³/mol. The van der Waals surface area contributed by atoms with Crippen molar-refractivity contribution in [1.82, 2.24) is 5.32 Å². The monoisotopic (exact) mass is 311 g/mol. The average Bonchev–Trinajstić information content (AvgIpc) is 2.61. The number of hydrogen-bond acceptors (Lipinski definition) is 2. The van der Waals surface area contributed by atoms with Gasteiger partial charge in [-0.2, -0.15) is 0 Å². The van der Waals surface area contributed by atoms with Gasteiger partial charge in [-0.25, -0.2) is 0 Å². The van der Waals surface area contributed by atoms with E-state index in [1.165, 1.54) is 24.0 Å². The van der Waals surface area contributed by atoms with E-state index in [1.54, 1.807) is 0 Å². The fourth-order valence-electron chi connectivity index (χ4n) is 2.67. The fraction of sp³-hybridized carbons (Fsp3) is 0.429. The van der Waals surface area contributed by atoms with Gasteiger partial charge in [-0.15, -0.1) is 0 Å². The maximum Gasteiger partial charge on any atom is 0.119 e. The second kappa shape index (κ2) is 10.1. The largest absolute Gasteiger partial charge is 0.494 e. The van der Waals surface area contributed by atoms with Gasteiger partial charge in [-0.3, -0.25) is 0 Å². The zero-order valence-corrected chi connectivity index (χ0v) is 14.4. The number of rotatable bonds is 10. The van der Waals surface area contributed by atoms with Crippen LogP contribution in [0, 0.1) is 0 Å². The van der Waals surface area contributed by atoms with Gasteiger partial charge < -0.3 is 10.1 Å². The third kappa shape index (κ3) is 6.07. The minimum absolute atomic E-state index is 0.404. The number of hydrogen-bond donors (Lipinski definition) is 1. The number of nitrogens with one attached hydrogen (secondary N) is 1. The van der Waals surface area contributed by atoms with E-state index in [-0.39, 0.29) is 0 Å². The molecule has 0 aliphatic heterocycles. The van der Waals surface area contributed by atoms with Gasteiger partial charge in [0, 0.05) is 12.6 Å². The van der Waals surface area contributed by atoms with Crippen LogP contribution in [0.1, 0.15) is 56.7 Å².